The van der Waals surface area contributed by atoms with Crippen molar-refractivity contribution in [1.82, 2.24) is 4.90 Å². The lowest BCUT2D eigenvalue weighted by Crippen LogP contribution is -2.41. The van der Waals surface area contributed by atoms with Gasteiger partial charge in [-0.05, 0) is 38.6 Å². The first-order chi connectivity index (χ1) is 7.84. The predicted molar refractivity (Wildman–Crippen MR) is 59.2 cm³/mol. The Morgan fingerprint density at radius 3 is 2.24 bits per heavy atom. The normalized spacial score (nSPS) is 27.8. The van der Waals surface area contributed by atoms with E-state index in [-0.39, 0.29) is 12.6 Å². The number of alkyl halides is 3. The van der Waals surface area contributed by atoms with Crippen molar-refractivity contribution in [1.29, 1.82) is 5.26 Å². The van der Waals surface area contributed by atoms with Gasteiger partial charge in [-0.25, -0.2) is 0 Å². The molecule has 1 aliphatic rings. The third-order valence-corrected chi connectivity index (χ3v) is 3.63. The van der Waals surface area contributed by atoms with E-state index < -0.39 is 12.1 Å². The first-order valence-corrected chi connectivity index (χ1v) is 6.01. The van der Waals surface area contributed by atoms with E-state index in [0.29, 0.717) is 5.92 Å². The van der Waals surface area contributed by atoms with Crippen molar-refractivity contribution in [3.05, 3.63) is 0 Å². The number of rotatable bonds is 3. The molecule has 1 rings (SSSR count). The molecule has 0 aromatic carbocycles. The number of hydrogen-bond acceptors (Lipinski definition) is 2. The van der Waals surface area contributed by atoms with E-state index >= 15 is 0 Å². The van der Waals surface area contributed by atoms with E-state index in [2.05, 4.69) is 6.92 Å². The quantitative estimate of drug-likeness (QED) is 0.767. The van der Waals surface area contributed by atoms with Crippen LogP contribution < -0.4 is 0 Å². The van der Waals surface area contributed by atoms with Crippen molar-refractivity contribution in [2.24, 2.45) is 11.8 Å². The van der Waals surface area contributed by atoms with Crippen molar-refractivity contribution in [3.63, 3.8) is 0 Å². The molecule has 0 N–H and O–H groups in total. The second kappa shape index (κ2) is 5.72. The molecule has 1 aliphatic carbocycles. The Bertz CT molecular complexity index is 274. The molecule has 0 amide bonds. The lowest BCUT2D eigenvalue weighted by molar-refractivity contribution is -0.163. The molecule has 0 spiro atoms. The van der Waals surface area contributed by atoms with Crippen molar-refractivity contribution < 1.29 is 13.2 Å². The summed E-state index contributed by atoms with van der Waals surface area (Å²) in [5.74, 6) is -1.19. The van der Waals surface area contributed by atoms with Gasteiger partial charge in [0, 0.05) is 12.6 Å². The summed E-state index contributed by atoms with van der Waals surface area (Å²) in [6.45, 7) is 1.96. The lowest BCUT2D eigenvalue weighted by atomic mass is 9.86. The van der Waals surface area contributed by atoms with Crippen LogP contribution in [0.25, 0.3) is 0 Å². The zero-order valence-corrected chi connectivity index (χ0v) is 10.3. The molecule has 0 aromatic rings. The molecule has 0 aromatic heterocycles. The summed E-state index contributed by atoms with van der Waals surface area (Å²) in [5, 5.41) is 8.55. The minimum atomic E-state index is -4.41. The Morgan fingerprint density at radius 2 is 1.82 bits per heavy atom. The maximum atomic E-state index is 12.5. The van der Waals surface area contributed by atoms with Crippen LogP contribution in [0.4, 0.5) is 13.2 Å². The highest BCUT2D eigenvalue weighted by atomic mass is 19.4. The molecule has 0 aliphatic heterocycles. The Balaban J connectivity index is 2.48. The number of hydrogen-bond donors (Lipinski definition) is 0. The van der Waals surface area contributed by atoms with Gasteiger partial charge in [0.15, 0.2) is 5.92 Å². The molecule has 0 radical (unpaired) electrons. The van der Waals surface area contributed by atoms with Crippen LogP contribution in [-0.4, -0.2) is 30.7 Å². The van der Waals surface area contributed by atoms with Gasteiger partial charge in [-0.15, -0.1) is 0 Å². The molecule has 0 saturated heterocycles. The predicted octanol–water partition coefficient (Wildman–Crippen LogP) is 3.20. The molecule has 1 saturated carbocycles. The molecule has 5 heteroatoms. The molecule has 17 heavy (non-hydrogen) atoms. The highest BCUT2D eigenvalue weighted by Crippen LogP contribution is 2.30. The fraction of sp³-hybridized carbons (Fsp3) is 0.917. The Morgan fingerprint density at radius 1 is 1.29 bits per heavy atom. The Kier molecular flexibility index (Phi) is 4.81. The second-order valence-corrected chi connectivity index (χ2v) is 5.08. The van der Waals surface area contributed by atoms with Crippen molar-refractivity contribution in [3.8, 4) is 6.07 Å². The van der Waals surface area contributed by atoms with Gasteiger partial charge < -0.3 is 4.90 Å². The Hall–Kier alpha value is -0.760. The average molecular weight is 248 g/mol. The van der Waals surface area contributed by atoms with E-state index in [0.717, 1.165) is 25.7 Å². The molecule has 1 fully saturated rings. The fourth-order valence-electron chi connectivity index (χ4n) is 2.34. The van der Waals surface area contributed by atoms with Gasteiger partial charge in [-0.1, -0.05) is 6.92 Å². The van der Waals surface area contributed by atoms with Gasteiger partial charge in [0.2, 0.25) is 0 Å². The van der Waals surface area contributed by atoms with Gasteiger partial charge in [-0.2, -0.15) is 18.4 Å². The third-order valence-electron chi connectivity index (χ3n) is 3.63. The van der Waals surface area contributed by atoms with Crippen LogP contribution in [0.3, 0.4) is 0 Å². The zero-order valence-electron chi connectivity index (χ0n) is 10.3. The number of nitrogens with zero attached hydrogens (tertiary/aromatic N) is 2. The van der Waals surface area contributed by atoms with E-state index in [9.17, 15) is 13.2 Å². The van der Waals surface area contributed by atoms with Gasteiger partial charge in [0.25, 0.3) is 0 Å². The molecule has 2 nitrogen and oxygen atoms in total. The van der Waals surface area contributed by atoms with Gasteiger partial charge in [-0.3, -0.25) is 0 Å². The maximum Gasteiger partial charge on any atom is 0.405 e. The van der Waals surface area contributed by atoms with Crippen molar-refractivity contribution >= 4 is 0 Å². The minimum absolute atomic E-state index is 0.199. The molecular formula is C12H19F3N2. The van der Waals surface area contributed by atoms with E-state index in [4.69, 9.17) is 5.26 Å². The molecular weight excluding hydrogens is 229 g/mol. The monoisotopic (exact) mass is 248 g/mol. The van der Waals surface area contributed by atoms with Gasteiger partial charge in [0.05, 0.1) is 6.07 Å². The topological polar surface area (TPSA) is 27.0 Å². The molecule has 1 atom stereocenters. The fourth-order valence-corrected chi connectivity index (χ4v) is 2.34. The maximum absolute atomic E-state index is 12.5. The Labute approximate surface area is 100 Å². The third kappa shape index (κ3) is 4.19. The van der Waals surface area contributed by atoms with E-state index in [1.54, 1.807) is 11.9 Å². The summed E-state index contributed by atoms with van der Waals surface area (Å²) in [7, 11) is 1.69. The summed E-state index contributed by atoms with van der Waals surface area (Å²) >= 11 is 0. The minimum Gasteiger partial charge on any atom is -0.302 e. The number of nitriles is 1. The summed E-state index contributed by atoms with van der Waals surface area (Å²) in [4.78, 5) is 1.70. The van der Waals surface area contributed by atoms with Crippen molar-refractivity contribution in [2.75, 3.05) is 13.6 Å². The molecule has 0 bridgehead atoms. The van der Waals surface area contributed by atoms with Crippen LogP contribution in [0.1, 0.15) is 32.6 Å². The van der Waals surface area contributed by atoms with Crippen LogP contribution in [-0.2, 0) is 0 Å². The smallest absolute Gasteiger partial charge is 0.302 e. The summed E-state index contributed by atoms with van der Waals surface area (Å²) in [5.41, 5.74) is 0. The highest BCUT2D eigenvalue weighted by molar-refractivity contribution is 4.91. The van der Waals surface area contributed by atoms with Crippen LogP contribution in [0.2, 0.25) is 0 Å². The lowest BCUT2D eigenvalue weighted by Gasteiger charge is -2.34. The summed E-state index contributed by atoms with van der Waals surface area (Å²) in [6, 6.07) is 1.55. The SMILES string of the molecule is CC1CCC(N(C)CC(C#N)C(F)(F)F)CC1. The van der Waals surface area contributed by atoms with Crippen molar-refractivity contribution in [2.45, 2.75) is 44.8 Å². The number of halogens is 3. The van der Waals surface area contributed by atoms with Gasteiger partial charge in [0.1, 0.15) is 0 Å². The first-order valence-electron chi connectivity index (χ1n) is 6.01. The first kappa shape index (κ1) is 14.3. The standard InChI is InChI=1S/C12H19F3N2/c1-9-3-5-11(6-4-9)17(2)8-10(7-16)12(13,14)15/h9-11H,3-6,8H2,1-2H3. The van der Waals surface area contributed by atoms with Gasteiger partial charge >= 0.3 is 6.18 Å². The van der Waals surface area contributed by atoms with Crippen LogP contribution in [0.15, 0.2) is 0 Å². The summed E-state index contributed by atoms with van der Waals surface area (Å²) < 4.78 is 37.4. The van der Waals surface area contributed by atoms with E-state index in [1.807, 2.05) is 0 Å². The largest absolute Gasteiger partial charge is 0.405 e. The summed E-state index contributed by atoms with van der Waals surface area (Å²) in [6.07, 6.45) is -0.400. The average Bonchev–Trinajstić information content (AvgIpc) is 2.24. The molecule has 1 unspecified atom stereocenters. The molecule has 0 heterocycles. The van der Waals surface area contributed by atoms with E-state index in [1.165, 1.54) is 6.07 Å². The second-order valence-electron chi connectivity index (χ2n) is 5.08. The van der Waals surface area contributed by atoms with Crippen LogP contribution in [0.5, 0.6) is 0 Å². The molecule has 98 valence electrons. The highest BCUT2D eigenvalue weighted by Gasteiger charge is 2.41. The van der Waals surface area contributed by atoms with Crippen LogP contribution >= 0.6 is 0 Å². The zero-order chi connectivity index (χ0) is 13.1. The van der Waals surface area contributed by atoms with Crippen LogP contribution in [0, 0.1) is 23.2 Å².